The molecular formula is C19H18ClN3O4. The highest BCUT2D eigenvalue weighted by molar-refractivity contribution is 6.31. The van der Waals surface area contributed by atoms with E-state index in [1.165, 1.54) is 4.57 Å². The van der Waals surface area contributed by atoms with Crippen molar-refractivity contribution in [3.05, 3.63) is 68.4 Å². The molecule has 0 spiro atoms. The number of ether oxygens (including phenoxy) is 1. The van der Waals surface area contributed by atoms with Crippen molar-refractivity contribution in [2.24, 2.45) is 7.05 Å². The topological polar surface area (TPSA) is 97.2 Å². The Balaban J connectivity index is 2.06. The zero-order chi connectivity index (χ0) is 19.7. The van der Waals surface area contributed by atoms with Crippen LogP contribution in [0.15, 0.2) is 35.1 Å². The normalized spacial score (nSPS) is 10.8. The van der Waals surface area contributed by atoms with Crippen molar-refractivity contribution in [2.75, 3.05) is 0 Å². The van der Waals surface area contributed by atoms with Crippen LogP contribution >= 0.6 is 11.6 Å². The van der Waals surface area contributed by atoms with Crippen LogP contribution in [0.3, 0.4) is 0 Å². The Morgan fingerprint density at radius 2 is 1.96 bits per heavy atom. The van der Waals surface area contributed by atoms with Gasteiger partial charge in [-0.05, 0) is 54.8 Å². The third-order valence-corrected chi connectivity index (χ3v) is 4.77. The summed E-state index contributed by atoms with van der Waals surface area (Å²) >= 11 is 6.30. The standard InChI is InChI=1S/C19H18ClN3O4/c1-10-4-5-12(18(24)25)7-13(10)14-8-15(20)11(2)6-16(14)27-9-17-21-22-19(26)23(17)3/h4-8H,9H2,1-3H3,(H,22,26)(H,24,25). The molecule has 3 rings (SSSR count). The quantitative estimate of drug-likeness (QED) is 0.699. The smallest absolute Gasteiger partial charge is 0.343 e. The number of halogens is 1. The van der Waals surface area contributed by atoms with E-state index in [-0.39, 0.29) is 17.9 Å². The lowest BCUT2D eigenvalue weighted by atomic mass is 9.96. The summed E-state index contributed by atoms with van der Waals surface area (Å²) in [6.07, 6.45) is 0. The predicted octanol–water partition coefficient (Wildman–Crippen LogP) is 3.32. The number of aromatic nitrogens is 3. The highest BCUT2D eigenvalue weighted by Gasteiger charge is 2.15. The second-order valence-corrected chi connectivity index (χ2v) is 6.63. The maximum absolute atomic E-state index is 11.5. The number of aromatic carboxylic acids is 1. The number of H-pyrrole nitrogens is 1. The van der Waals surface area contributed by atoms with Gasteiger partial charge in [0.05, 0.1) is 5.56 Å². The van der Waals surface area contributed by atoms with Gasteiger partial charge < -0.3 is 9.84 Å². The number of hydrogen-bond acceptors (Lipinski definition) is 4. The first-order valence-corrected chi connectivity index (χ1v) is 8.53. The fourth-order valence-corrected chi connectivity index (χ4v) is 2.84. The van der Waals surface area contributed by atoms with Gasteiger partial charge in [-0.15, -0.1) is 0 Å². The molecular weight excluding hydrogens is 370 g/mol. The Hall–Kier alpha value is -3.06. The van der Waals surface area contributed by atoms with Crippen LogP contribution < -0.4 is 10.4 Å². The van der Waals surface area contributed by atoms with Gasteiger partial charge in [-0.2, -0.15) is 5.10 Å². The Labute approximate surface area is 160 Å². The van der Waals surface area contributed by atoms with Crippen molar-refractivity contribution >= 4 is 17.6 Å². The van der Waals surface area contributed by atoms with E-state index in [1.54, 1.807) is 37.4 Å². The molecule has 0 aliphatic carbocycles. The molecule has 0 unspecified atom stereocenters. The fourth-order valence-electron chi connectivity index (χ4n) is 2.68. The van der Waals surface area contributed by atoms with E-state index < -0.39 is 5.97 Å². The van der Waals surface area contributed by atoms with Gasteiger partial charge in [0.1, 0.15) is 12.4 Å². The lowest BCUT2D eigenvalue weighted by molar-refractivity contribution is 0.0697. The summed E-state index contributed by atoms with van der Waals surface area (Å²) in [6.45, 7) is 3.81. The van der Waals surface area contributed by atoms with Gasteiger partial charge in [0.15, 0.2) is 5.82 Å². The zero-order valence-electron chi connectivity index (χ0n) is 15.0. The van der Waals surface area contributed by atoms with Crippen LogP contribution in [0.2, 0.25) is 5.02 Å². The van der Waals surface area contributed by atoms with Crippen molar-refractivity contribution in [3.8, 4) is 16.9 Å². The van der Waals surface area contributed by atoms with Gasteiger partial charge in [0.2, 0.25) is 0 Å². The SMILES string of the molecule is Cc1cc(OCc2n[nH]c(=O)n2C)c(-c2cc(C(=O)O)ccc2C)cc1Cl. The molecule has 8 heteroatoms. The van der Waals surface area contributed by atoms with Gasteiger partial charge in [-0.25, -0.2) is 14.7 Å². The molecule has 7 nitrogen and oxygen atoms in total. The van der Waals surface area contributed by atoms with Gasteiger partial charge in [-0.1, -0.05) is 17.7 Å². The minimum atomic E-state index is -1.01. The molecule has 0 amide bonds. The highest BCUT2D eigenvalue weighted by Crippen LogP contribution is 2.37. The lowest BCUT2D eigenvalue weighted by Gasteiger charge is -2.15. The van der Waals surface area contributed by atoms with E-state index in [0.717, 1.165) is 11.1 Å². The molecule has 0 atom stereocenters. The molecule has 3 aromatic rings. The molecule has 2 N–H and O–H groups in total. The summed E-state index contributed by atoms with van der Waals surface area (Å²) in [5.41, 5.74) is 2.93. The third kappa shape index (κ3) is 3.73. The first kappa shape index (κ1) is 18.7. The monoisotopic (exact) mass is 387 g/mol. The molecule has 0 saturated heterocycles. The number of hydrogen-bond donors (Lipinski definition) is 2. The van der Waals surface area contributed by atoms with Crippen LogP contribution in [0.1, 0.15) is 27.3 Å². The second kappa shape index (κ2) is 7.28. The van der Waals surface area contributed by atoms with Crippen LogP contribution in [0.4, 0.5) is 0 Å². The zero-order valence-corrected chi connectivity index (χ0v) is 15.8. The molecule has 0 radical (unpaired) electrons. The van der Waals surface area contributed by atoms with Crippen LogP contribution in [0.5, 0.6) is 5.75 Å². The average Bonchev–Trinajstić information content (AvgIpc) is 2.94. The number of carboxylic acids is 1. The molecule has 0 saturated carbocycles. The van der Waals surface area contributed by atoms with E-state index in [4.69, 9.17) is 16.3 Å². The second-order valence-electron chi connectivity index (χ2n) is 6.23. The molecule has 1 heterocycles. The molecule has 2 aromatic carbocycles. The number of nitrogens with zero attached hydrogens (tertiary/aromatic N) is 2. The Bertz CT molecular complexity index is 1090. The summed E-state index contributed by atoms with van der Waals surface area (Å²) in [5, 5.41) is 16.1. The molecule has 140 valence electrons. The fraction of sp³-hybridized carbons (Fsp3) is 0.211. The van der Waals surface area contributed by atoms with Gasteiger partial charge in [0, 0.05) is 17.6 Å². The van der Waals surface area contributed by atoms with E-state index in [2.05, 4.69) is 10.2 Å². The van der Waals surface area contributed by atoms with E-state index in [1.807, 2.05) is 13.8 Å². The predicted molar refractivity (Wildman–Crippen MR) is 101 cm³/mol. The molecule has 27 heavy (non-hydrogen) atoms. The summed E-state index contributed by atoms with van der Waals surface area (Å²) < 4.78 is 7.27. The van der Waals surface area contributed by atoms with Gasteiger partial charge in [0.25, 0.3) is 0 Å². The maximum atomic E-state index is 11.5. The van der Waals surface area contributed by atoms with Crippen molar-refractivity contribution in [2.45, 2.75) is 20.5 Å². The maximum Gasteiger partial charge on any atom is 0.343 e. The third-order valence-electron chi connectivity index (χ3n) is 4.36. The number of carbonyl (C=O) groups is 1. The minimum absolute atomic E-state index is 0.0704. The van der Waals surface area contributed by atoms with E-state index >= 15 is 0 Å². The van der Waals surface area contributed by atoms with E-state index in [9.17, 15) is 14.7 Å². The van der Waals surface area contributed by atoms with Gasteiger partial charge in [-0.3, -0.25) is 4.57 Å². The highest BCUT2D eigenvalue weighted by atomic mass is 35.5. The minimum Gasteiger partial charge on any atom is -0.485 e. The summed E-state index contributed by atoms with van der Waals surface area (Å²) in [5.74, 6) is -0.0454. The first-order valence-electron chi connectivity index (χ1n) is 8.15. The van der Waals surface area contributed by atoms with Crippen molar-refractivity contribution in [1.82, 2.24) is 14.8 Å². The summed E-state index contributed by atoms with van der Waals surface area (Å²) in [7, 11) is 1.60. The molecule has 0 aliphatic rings. The summed E-state index contributed by atoms with van der Waals surface area (Å²) in [6, 6.07) is 8.43. The first-order chi connectivity index (χ1) is 12.8. The van der Waals surface area contributed by atoms with Crippen molar-refractivity contribution in [1.29, 1.82) is 0 Å². The number of benzene rings is 2. The molecule has 0 aliphatic heterocycles. The number of carboxylic acid groups (broad SMARTS) is 1. The summed E-state index contributed by atoms with van der Waals surface area (Å²) in [4.78, 5) is 22.9. The Morgan fingerprint density at radius 1 is 1.22 bits per heavy atom. The van der Waals surface area contributed by atoms with Gasteiger partial charge >= 0.3 is 11.7 Å². The lowest BCUT2D eigenvalue weighted by Crippen LogP contribution is -2.15. The Kier molecular flexibility index (Phi) is 5.05. The number of nitrogens with one attached hydrogen (secondary N) is 1. The average molecular weight is 388 g/mol. The van der Waals surface area contributed by atoms with Crippen molar-refractivity contribution in [3.63, 3.8) is 0 Å². The van der Waals surface area contributed by atoms with Crippen LogP contribution in [-0.4, -0.2) is 25.8 Å². The molecule has 1 aromatic heterocycles. The largest absolute Gasteiger partial charge is 0.485 e. The number of rotatable bonds is 5. The van der Waals surface area contributed by atoms with Crippen molar-refractivity contribution < 1.29 is 14.6 Å². The molecule has 0 bridgehead atoms. The van der Waals surface area contributed by atoms with Crippen LogP contribution in [-0.2, 0) is 13.7 Å². The number of aromatic amines is 1. The molecule has 0 fully saturated rings. The Morgan fingerprint density at radius 3 is 2.59 bits per heavy atom. The van der Waals surface area contributed by atoms with Crippen LogP contribution in [0, 0.1) is 13.8 Å². The number of aryl methyl sites for hydroxylation is 2. The van der Waals surface area contributed by atoms with Crippen LogP contribution in [0.25, 0.3) is 11.1 Å². The van der Waals surface area contributed by atoms with E-state index in [0.29, 0.717) is 27.7 Å².